The van der Waals surface area contributed by atoms with Crippen LogP contribution in [0.1, 0.15) is 35.5 Å². The molecule has 0 aliphatic rings. The lowest BCUT2D eigenvalue weighted by Crippen LogP contribution is -2.31. The molecule has 0 spiro atoms. The van der Waals surface area contributed by atoms with Crippen LogP contribution in [-0.4, -0.2) is 18.4 Å². The number of amides is 2. The van der Waals surface area contributed by atoms with Crippen molar-refractivity contribution in [2.24, 2.45) is 0 Å². The molecule has 128 valence electrons. The first-order valence-corrected chi connectivity index (χ1v) is 8.23. The molecule has 25 heavy (non-hydrogen) atoms. The standard InChI is InChI=1S/C20H20N2O3/c1-14(16-9-8-15-5-2-3-6-17(15)13-16)22-19(23)10-11-21-20(24)18-7-4-12-25-18/h2-9,12-14H,10-11H2,1H3,(H,21,24)(H,22,23). The summed E-state index contributed by atoms with van der Waals surface area (Å²) in [7, 11) is 0. The number of fused-ring (bicyclic) bond motifs is 1. The van der Waals surface area contributed by atoms with Crippen LogP contribution in [0, 0.1) is 0 Å². The molecule has 0 bridgehead atoms. The maximum absolute atomic E-state index is 12.1. The molecule has 1 heterocycles. The summed E-state index contributed by atoms with van der Waals surface area (Å²) in [4.78, 5) is 23.8. The van der Waals surface area contributed by atoms with E-state index in [-0.39, 0.29) is 36.6 Å². The van der Waals surface area contributed by atoms with Gasteiger partial charge < -0.3 is 15.1 Å². The predicted molar refractivity (Wildman–Crippen MR) is 96.2 cm³/mol. The van der Waals surface area contributed by atoms with Gasteiger partial charge in [-0.15, -0.1) is 0 Å². The van der Waals surface area contributed by atoms with E-state index in [1.54, 1.807) is 12.1 Å². The number of benzene rings is 2. The Labute approximate surface area is 146 Å². The van der Waals surface area contributed by atoms with Crippen LogP contribution in [0.25, 0.3) is 10.8 Å². The summed E-state index contributed by atoms with van der Waals surface area (Å²) < 4.78 is 5.00. The molecule has 2 N–H and O–H groups in total. The summed E-state index contributed by atoms with van der Waals surface area (Å²) in [6.45, 7) is 2.21. The number of furan rings is 1. The second kappa shape index (κ2) is 7.66. The lowest BCUT2D eigenvalue weighted by atomic mass is 10.0. The molecular formula is C20H20N2O3. The summed E-state index contributed by atoms with van der Waals surface area (Å²) in [5.41, 5.74) is 1.05. The van der Waals surface area contributed by atoms with Gasteiger partial charge in [-0.2, -0.15) is 0 Å². The molecule has 3 rings (SSSR count). The molecular weight excluding hydrogens is 316 g/mol. The van der Waals surface area contributed by atoms with Crippen LogP contribution in [0.2, 0.25) is 0 Å². The lowest BCUT2D eigenvalue weighted by Gasteiger charge is -2.15. The third-order valence-corrected chi connectivity index (χ3v) is 4.03. The second-order valence-electron chi connectivity index (χ2n) is 5.88. The van der Waals surface area contributed by atoms with Crippen LogP contribution in [0.15, 0.2) is 65.3 Å². The molecule has 0 radical (unpaired) electrons. The van der Waals surface area contributed by atoms with E-state index in [1.165, 1.54) is 11.6 Å². The Morgan fingerprint density at radius 1 is 1.04 bits per heavy atom. The minimum Gasteiger partial charge on any atom is -0.459 e. The predicted octanol–water partition coefficient (Wildman–Crippen LogP) is 3.43. The normalized spacial score (nSPS) is 11.9. The van der Waals surface area contributed by atoms with E-state index < -0.39 is 0 Å². The van der Waals surface area contributed by atoms with Crippen molar-refractivity contribution in [2.45, 2.75) is 19.4 Å². The van der Waals surface area contributed by atoms with Crippen LogP contribution >= 0.6 is 0 Å². The van der Waals surface area contributed by atoms with Crippen molar-refractivity contribution < 1.29 is 14.0 Å². The minimum absolute atomic E-state index is 0.0992. The highest BCUT2D eigenvalue weighted by Gasteiger charge is 2.12. The van der Waals surface area contributed by atoms with Crippen LogP contribution in [0.3, 0.4) is 0 Å². The number of carbonyl (C=O) groups is 2. The van der Waals surface area contributed by atoms with Crippen molar-refractivity contribution in [2.75, 3.05) is 6.54 Å². The number of hydrogen-bond acceptors (Lipinski definition) is 3. The van der Waals surface area contributed by atoms with Gasteiger partial charge in [-0.25, -0.2) is 0 Å². The van der Waals surface area contributed by atoms with E-state index in [2.05, 4.69) is 34.9 Å². The molecule has 0 aliphatic carbocycles. The topological polar surface area (TPSA) is 71.3 Å². The highest BCUT2D eigenvalue weighted by atomic mass is 16.3. The Morgan fingerprint density at radius 3 is 2.60 bits per heavy atom. The van der Waals surface area contributed by atoms with Crippen molar-refractivity contribution in [3.05, 3.63) is 72.2 Å². The van der Waals surface area contributed by atoms with Gasteiger partial charge in [0.15, 0.2) is 5.76 Å². The van der Waals surface area contributed by atoms with Gasteiger partial charge in [0, 0.05) is 13.0 Å². The van der Waals surface area contributed by atoms with Gasteiger partial charge in [-0.05, 0) is 41.5 Å². The fourth-order valence-electron chi connectivity index (χ4n) is 2.66. The Bertz CT molecular complexity index is 872. The van der Waals surface area contributed by atoms with Crippen LogP contribution in [-0.2, 0) is 4.79 Å². The van der Waals surface area contributed by atoms with E-state index in [0.29, 0.717) is 0 Å². The first-order chi connectivity index (χ1) is 12.1. The molecule has 0 aliphatic heterocycles. The average Bonchev–Trinajstić information content (AvgIpc) is 3.16. The van der Waals surface area contributed by atoms with Gasteiger partial charge in [-0.1, -0.05) is 36.4 Å². The van der Waals surface area contributed by atoms with E-state index in [4.69, 9.17) is 4.42 Å². The van der Waals surface area contributed by atoms with E-state index in [1.807, 2.05) is 25.1 Å². The molecule has 0 saturated carbocycles. The molecule has 2 amide bonds. The average molecular weight is 336 g/mol. The summed E-state index contributed by atoms with van der Waals surface area (Å²) in [6.07, 6.45) is 1.65. The van der Waals surface area contributed by atoms with Gasteiger partial charge in [0.2, 0.25) is 5.91 Å². The zero-order valence-electron chi connectivity index (χ0n) is 14.0. The number of carbonyl (C=O) groups excluding carboxylic acids is 2. The third kappa shape index (κ3) is 4.26. The van der Waals surface area contributed by atoms with Crippen LogP contribution in [0.4, 0.5) is 0 Å². The molecule has 5 nitrogen and oxygen atoms in total. The molecule has 1 aromatic heterocycles. The van der Waals surface area contributed by atoms with E-state index in [9.17, 15) is 9.59 Å². The lowest BCUT2D eigenvalue weighted by molar-refractivity contribution is -0.121. The fourth-order valence-corrected chi connectivity index (χ4v) is 2.66. The van der Waals surface area contributed by atoms with Crippen LogP contribution in [0.5, 0.6) is 0 Å². The Balaban J connectivity index is 1.50. The summed E-state index contributed by atoms with van der Waals surface area (Å²) >= 11 is 0. The van der Waals surface area contributed by atoms with Crippen molar-refractivity contribution in [1.82, 2.24) is 10.6 Å². The summed E-state index contributed by atoms with van der Waals surface area (Å²) in [6, 6.07) is 17.4. The largest absolute Gasteiger partial charge is 0.459 e. The SMILES string of the molecule is CC(NC(=O)CCNC(=O)c1ccco1)c1ccc2ccccc2c1. The first kappa shape index (κ1) is 16.8. The second-order valence-corrected chi connectivity index (χ2v) is 5.88. The van der Waals surface area contributed by atoms with Gasteiger partial charge >= 0.3 is 0 Å². The molecule has 5 heteroatoms. The van der Waals surface area contributed by atoms with Gasteiger partial charge in [-0.3, -0.25) is 9.59 Å². The highest BCUT2D eigenvalue weighted by Crippen LogP contribution is 2.20. The van der Waals surface area contributed by atoms with Crippen molar-refractivity contribution in [3.63, 3.8) is 0 Å². The Hall–Kier alpha value is -3.08. The third-order valence-electron chi connectivity index (χ3n) is 4.03. The van der Waals surface area contributed by atoms with Crippen molar-refractivity contribution >= 4 is 22.6 Å². The molecule has 0 fully saturated rings. The minimum atomic E-state index is -0.319. The van der Waals surface area contributed by atoms with Gasteiger partial charge in [0.1, 0.15) is 0 Å². The molecule has 2 aromatic carbocycles. The zero-order chi connectivity index (χ0) is 17.6. The van der Waals surface area contributed by atoms with Crippen molar-refractivity contribution in [3.8, 4) is 0 Å². The smallest absolute Gasteiger partial charge is 0.286 e. The van der Waals surface area contributed by atoms with Crippen LogP contribution < -0.4 is 10.6 Å². The van der Waals surface area contributed by atoms with Gasteiger partial charge in [0.05, 0.1) is 12.3 Å². The maximum atomic E-state index is 12.1. The summed E-state index contributed by atoms with van der Waals surface area (Å²) in [5, 5.41) is 7.93. The van der Waals surface area contributed by atoms with E-state index >= 15 is 0 Å². The highest BCUT2D eigenvalue weighted by molar-refractivity contribution is 5.91. The van der Waals surface area contributed by atoms with Crippen molar-refractivity contribution in [1.29, 1.82) is 0 Å². The quantitative estimate of drug-likeness (QED) is 0.724. The number of nitrogens with one attached hydrogen (secondary N) is 2. The monoisotopic (exact) mass is 336 g/mol. The Kier molecular flexibility index (Phi) is 5.14. The number of hydrogen-bond donors (Lipinski definition) is 2. The van der Waals surface area contributed by atoms with E-state index in [0.717, 1.165) is 10.9 Å². The molecule has 3 aromatic rings. The maximum Gasteiger partial charge on any atom is 0.286 e. The number of rotatable bonds is 6. The first-order valence-electron chi connectivity index (χ1n) is 8.23. The van der Waals surface area contributed by atoms with Gasteiger partial charge in [0.25, 0.3) is 5.91 Å². The fraction of sp³-hybridized carbons (Fsp3) is 0.200. The molecule has 0 saturated heterocycles. The molecule has 1 unspecified atom stereocenters. The zero-order valence-corrected chi connectivity index (χ0v) is 14.0. The molecule has 1 atom stereocenters. The summed E-state index contributed by atoms with van der Waals surface area (Å²) in [5.74, 6) is -0.189. The Morgan fingerprint density at radius 2 is 1.84 bits per heavy atom.